The van der Waals surface area contributed by atoms with Crippen molar-refractivity contribution in [2.75, 3.05) is 27.2 Å². The molecule has 0 atom stereocenters. The highest BCUT2D eigenvalue weighted by Crippen LogP contribution is 2.08. The lowest BCUT2D eigenvalue weighted by atomic mass is 10.1. The van der Waals surface area contributed by atoms with Crippen LogP contribution in [0.5, 0.6) is 0 Å². The van der Waals surface area contributed by atoms with E-state index in [2.05, 4.69) is 15.6 Å². The average molecular weight is 498 g/mol. The molecule has 2 rings (SSSR count). The number of hydrogen-bond donors (Lipinski definition) is 2. The number of rotatable bonds is 7. The minimum atomic E-state index is -0.218. The Labute approximate surface area is 183 Å². The van der Waals surface area contributed by atoms with Gasteiger partial charge in [0.15, 0.2) is 5.96 Å². The van der Waals surface area contributed by atoms with Crippen LogP contribution in [-0.4, -0.2) is 44.0 Å². The van der Waals surface area contributed by atoms with Crippen LogP contribution < -0.4 is 10.6 Å². The van der Waals surface area contributed by atoms with E-state index in [9.17, 15) is 9.18 Å². The molecule has 0 aromatic heterocycles. The summed E-state index contributed by atoms with van der Waals surface area (Å²) in [5, 5.41) is 6.46. The molecule has 1 amide bonds. The standard InChI is InChI=1S/C21H27FN4O.HI/c1-4-23-21(24-13-12-16-6-5-7-19(22)14-16)25-15-17-8-10-18(11-9-17)20(27)26(2)3;/h5-11,14H,4,12-13,15H2,1-3H3,(H2,23,24,25);1H. The van der Waals surface area contributed by atoms with Crippen LogP contribution in [-0.2, 0) is 13.0 Å². The third kappa shape index (κ3) is 7.84. The Kier molecular flexibility index (Phi) is 10.5. The maximum Gasteiger partial charge on any atom is 0.253 e. The molecule has 0 radical (unpaired) electrons. The molecule has 2 aromatic carbocycles. The van der Waals surface area contributed by atoms with E-state index in [1.54, 1.807) is 31.1 Å². The topological polar surface area (TPSA) is 56.7 Å². The molecule has 0 spiro atoms. The van der Waals surface area contributed by atoms with Gasteiger partial charge in [-0.25, -0.2) is 9.38 Å². The van der Waals surface area contributed by atoms with Crippen molar-refractivity contribution >= 4 is 35.8 Å². The third-order valence-electron chi connectivity index (χ3n) is 3.97. The number of carbonyl (C=O) groups excluding carboxylic acids is 1. The number of benzene rings is 2. The SMILES string of the molecule is CCNC(=NCc1ccc(C(=O)N(C)C)cc1)NCCc1cccc(F)c1.I. The Morgan fingerprint density at radius 3 is 2.39 bits per heavy atom. The van der Waals surface area contributed by atoms with Gasteiger partial charge in [-0.15, -0.1) is 24.0 Å². The fourth-order valence-electron chi connectivity index (χ4n) is 2.54. The lowest BCUT2D eigenvalue weighted by Crippen LogP contribution is -2.38. The van der Waals surface area contributed by atoms with Crippen molar-refractivity contribution in [3.8, 4) is 0 Å². The van der Waals surface area contributed by atoms with Crippen molar-refractivity contribution in [1.29, 1.82) is 0 Å². The van der Waals surface area contributed by atoms with E-state index in [4.69, 9.17) is 0 Å². The van der Waals surface area contributed by atoms with Crippen LogP contribution in [0, 0.1) is 5.82 Å². The van der Waals surface area contributed by atoms with Gasteiger partial charge in [0.05, 0.1) is 6.54 Å². The first-order valence-electron chi connectivity index (χ1n) is 9.07. The van der Waals surface area contributed by atoms with Crippen LogP contribution in [0.4, 0.5) is 4.39 Å². The highest BCUT2D eigenvalue weighted by Gasteiger charge is 2.07. The van der Waals surface area contributed by atoms with Gasteiger partial charge >= 0.3 is 0 Å². The lowest BCUT2D eigenvalue weighted by molar-refractivity contribution is 0.0827. The first kappa shape index (κ1) is 23.9. The van der Waals surface area contributed by atoms with Crippen LogP contribution in [0.3, 0.4) is 0 Å². The first-order valence-corrected chi connectivity index (χ1v) is 9.07. The van der Waals surface area contributed by atoms with Crippen molar-refractivity contribution in [3.63, 3.8) is 0 Å². The van der Waals surface area contributed by atoms with Gasteiger partial charge < -0.3 is 15.5 Å². The maximum absolute atomic E-state index is 13.2. The summed E-state index contributed by atoms with van der Waals surface area (Å²) >= 11 is 0. The second-order valence-electron chi connectivity index (χ2n) is 6.40. The smallest absolute Gasteiger partial charge is 0.253 e. The van der Waals surface area contributed by atoms with E-state index in [1.807, 2.05) is 37.3 Å². The Bertz CT molecular complexity index is 778. The van der Waals surface area contributed by atoms with Gasteiger partial charge in [0.25, 0.3) is 5.91 Å². The molecule has 2 N–H and O–H groups in total. The number of aliphatic imine (C=N–C) groups is 1. The largest absolute Gasteiger partial charge is 0.357 e. The zero-order chi connectivity index (χ0) is 19.6. The molecule has 0 unspecified atom stereocenters. The zero-order valence-corrected chi connectivity index (χ0v) is 18.9. The molecule has 0 saturated carbocycles. The van der Waals surface area contributed by atoms with Crippen LogP contribution in [0.15, 0.2) is 53.5 Å². The monoisotopic (exact) mass is 498 g/mol. The third-order valence-corrected chi connectivity index (χ3v) is 3.97. The van der Waals surface area contributed by atoms with Gasteiger partial charge in [0.2, 0.25) is 0 Å². The molecular weight excluding hydrogens is 470 g/mol. The summed E-state index contributed by atoms with van der Waals surface area (Å²) in [5.41, 5.74) is 2.62. The first-order chi connectivity index (χ1) is 13.0. The van der Waals surface area contributed by atoms with Crippen molar-refractivity contribution in [2.45, 2.75) is 19.9 Å². The van der Waals surface area contributed by atoms with Crippen molar-refractivity contribution in [1.82, 2.24) is 15.5 Å². The fourth-order valence-corrected chi connectivity index (χ4v) is 2.54. The van der Waals surface area contributed by atoms with Crippen molar-refractivity contribution < 1.29 is 9.18 Å². The van der Waals surface area contributed by atoms with Gasteiger partial charge in [0.1, 0.15) is 5.82 Å². The van der Waals surface area contributed by atoms with Crippen LogP contribution in [0.2, 0.25) is 0 Å². The summed E-state index contributed by atoms with van der Waals surface area (Å²) in [6.07, 6.45) is 0.712. The number of amides is 1. The average Bonchev–Trinajstić information content (AvgIpc) is 2.66. The van der Waals surface area contributed by atoms with Gasteiger partial charge in [-0.1, -0.05) is 24.3 Å². The Balaban J connectivity index is 0.00000392. The van der Waals surface area contributed by atoms with Crippen molar-refractivity contribution in [3.05, 3.63) is 71.0 Å². The van der Waals surface area contributed by atoms with E-state index in [0.717, 1.165) is 17.7 Å². The number of halogens is 2. The molecule has 0 bridgehead atoms. The molecule has 28 heavy (non-hydrogen) atoms. The number of carbonyl (C=O) groups is 1. The fraction of sp³-hybridized carbons (Fsp3) is 0.333. The minimum absolute atomic E-state index is 0. The Hall–Kier alpha value is -2.16. The Morgan fingerprint density at radius 2 is 1.79 bits per heavy atom. The molecule has 0 aliphatic carbocycles. The summed E-state index contributed by atoms with van der Waals surface area (Å²) in [7, 11) is 3.47. The van der Waals surface area contributed by atoms with Gasteiger partial charge in [-0.2, -0.15) is 0 Å². The molecule has 0 saturated heterocycles. The van der Waals surface area contributed by atoms with Gasteiger partial charge in [-0.3, -0.25) is 4.79 Å². The molecule has 0 aliphatic heterocycles. The van der Waals surface area contributed by atoms with E-state index < -0.39 is 0 Å². The number of nitrogens with one attached hydrogen (secondary N) is 2. The van der Waals surface area contributed by atoms with Crippen LogP contribution in [0.25, 0.3) is 0 Å². The highest BCUT2D eigenvalue weighted by atomic mass is 127. The van der Waals surface area contributed by atoms with E-state index >= 15 is 0 Å². The second kappa shape index (κ2) is 12.3. The molecule has 2 aromatic rings. The zero-order valence-electron chi connectivity index (χ0n) is 16.5. The normalized spacial score (nSPS) is 10.8. The number of hydrogen-bond acceptors (Lipinski definition) is 2. The minimum Gasteiger partial charge on any atom is -0.357 e. The molecule has 0 fully saturated rings. The summed E-state index contributed by atoms with van der Waals surface area (Å²) < 4.78 is 13.2. The summed E-state index contributed by atoms with van der Waals surface area (Å²) in [6.45, 7) is 3.92. The second-order valence-corrected chi connectivity index (χ2v) is 6.40. The molecular formula is C21H28FIN4O. The van der Waals surface area contributed by atoms with E-state index in [1.165, 1.54) is 6.07 Å². The number of nitrogens with zero attached hydrogens (tertiary/aromatic N) is 2. The number of guanidine groups is 1. The molecule has 0 heterocycles. The quantitative estimate of drug-likeness (QED) is 0.350. The van der Waals surface area contributed by atoms with E-state index in [0.29, 0.717) is 31.0 Å². The van der Waals surface area contributed by atoms with Gasteiger partial charge in [-0.05, 0) is 48.7 Å². The van der Waals surface area contributed by atoms with Crippen LogP contribution in [0.1, 0.15) is 28.4 Å². The predicted octanol–water partition coefficient (Wildman–Crippen LogP) is 3.44. The van der Waals surface area contributed by atoms with E-state index in [-0.39, 0.29) is 35.7 Å². The summed E-state index contributed by atoms with van der Waals surface area (Å²) in [4.78, 5) is 18.0. The highest BCUT2D eigenvalue weighted by molar-refractivity contribution is 14.0. The van der Waals surface area contributed by atoms with Gasteiger partial charge in [0, 0.05) is 32.7 Å². The molecule has 5 nitrogen and oxygen atoms in total. The van der Waals surface area contributed by atoms with Crippen LogP contribution >= 0.6 is 24.0 Å². The molecule has 7 heteroatoms. The molecule has 152 valence electrons. The predicted molar refractivity (Wildman–Crippen MR) is 123 cm³/mol. The Morgan fingerprint density at radius 1 is 1.07 bits per heavy atom. The maximum atomic E-state index is 13.2. The molecule has 0 aliphatic rings. The summed E-state index contributed by atoms with van der Waals surface area (Å²) in [6, 6.07) is 14.1. The summed E-state index contributed by atoms with van der Waals surface area (Å²) in [5.74, 6) is 0.476. The van der Waals surface area contributed by atoms with Crippen molar-refractivity contribution in [2.24, 2.45) is 4.99 Å². The lowest BCUT2D eigenvalue weighted by Gasteiger charge is -2.12.